The zero-order valence-electron chi connectivity index (χ0n) is 6.22. The van der Waals surface area contributed by atoms with Crippen LogP contribution in [0.4, 0.5) is 13.2 Å². The van der Waals surface area contributed by atoms with E-state index in [2.05, 4.69) is 16.6 Å². The number of aromatic nitrogens is 1. The Kier molecular flexibility index (Phi) is 2.77. The Hall–Kier alpha value is -0.810. The van der Waals surface area contributed by atoms with Gasteiger partial charge in [-0.15, -0.1) is 0 Å². The molecule has 1 aromatic rings. The van der Waals surface area contributed by atoms with Crippen LogP contribution in [0, 0.1) is 5.82 Å². The minimum atomic E-state index is -3.89. The van der Waals surface area contributed by atoms with Crippen molar-refractivity contribution in [3.8, 4) is 0 Å². The zero-order chi connectivity index (χ0) is 10.1. The van der Waals surface area contributed by atoms with E-state index < -0.39 is 22.9 Å². The van der Waals surface area contributed by atoms with Crippen LogP contribution in [0.1, 0.15) is 11.7 Å². The quantitative estimate of drug-likeness (QED) is 0.760. The molecule has 0 aliphatic carbocycles. The Morgan fingerprint density at radius 1 is 1.54 bits per heavy atom. The summed E-state index contributed by atoms with van der Waals surface area (Å²) in [5, 5.41) is 5.00. The van der Waals surface area contributed by atoms with E-state index in [1.807, 2.05) is 0 Å². The maximum Gasteiger partial charge on any atom is 0.351 e. The van der Waals surface area contributed by atoms with Gasteiger partial charge in [-0.25, -0.2) is 4.39 Å². The molecule has 1 heterocycles. The highest BCUT2D eigenvalue weighted by Gasteiger charge is 2.38. The number of nitrogens with zero attached hydrogens (tertiary/aromatic N) is 1. The fraction of sp³-hybridized carbons (Fsp3) is 0.286. The molecule has 1 atom stereocenters. The van der Waals surface area contributed by atoms with Crippen LogP contribution in [0.15, 0.2) is 18.5 Å². The van der Waals surface area contributed by atoms with Crippen LogP contribution in [0.5, 0.6) is 0 Å². The van der Waals surface area contributed by atoms with Crippen molar-refractivity contribution < 1.29 is 18.3 Å². The molecule has 2 nitrogen and oxygen atoms in total. The van der Waals surface area contributed by atoms with Gasteiger partial charge in [0.25, 0.3) is 0 Å². The smallest absolute Gasteiger partial charge is 0.351 e. The molecule has 0 aliphatic heterocycles. The van der Waals surface area contributed by atoms with Crippen LogP contribution in [-0.2, 0) is 0 Å². The summed E-state index contributed by atoms with van der Waals surface area (Å²) in [4.78, 5) is 3.34. The van der Waals surface area contributed by atoms with Crippen molar-refractivity contribution in [2.24, 2.45) is 0 Å². The lowest BCUT2D eigenvalue weighted by Crippen LogP contribution is -2.20. The number of hydrogen-bond donors (Lipinski definition) is 1. The summed E-state index contributed by atoms with van der Waals surface area (Å²) in [6.07, 6.45) is -0.553. The standard InChI is InChI=1S/C7H5ClF3NO/c8-7(10,11)6(13)4-1-2-12-3-5(4)9/h1-3,6,13H. The lowest BCUT2D eigenvalue weighted by atomic mass is 10.1. The molecule has 0 amide bonds. The molecular formula is C7H5ClF3NO. The number of alkyl halides is 3. The van der Waals surface area contributed by atoms with Gasteiger partial charge in [0.2, 0.25) is 0 Å². The van der Waals surface area contributed by atoms with Gasteiger partial charge in [-0.2, -0.15) is 8.78 Å². The summed E-state index contributed by atoms with van der Waals surface area (Å²) in [5.74, 6) is -1.02. The summed E-state index contributed by atoms with van der Waals surface area (Å²) >= 11 is 4.52. The van der Waals surface area contributed by atoms with Gasteiger partial charge in [0, 0.05) is 11.8 Å². The highest BCUT2D eigenvalue weighted by molar-refractivity contribution is 6.22. The minimum Gasteiger partial charge on any atom is -0.381 e. The fourth-order valence-electron chi connectivity index (χ4n) is 0.784. The predicted octanol–water partition coefficient (Wildman–Crippen LogP) is 2.09. The van der Waals surface area contributed by atoms with Crippen LogP contribution in [0.3, 0.4) is 0 Å². The normalized spacial score (nSPS) is 14.2. The third-order valence-electron chi connectivity index (χ3n) is 1.41. The average Bonchev–Trinajstić information content (AvgIpc) is 2.02. The fourth-order valence-corrected chi connectivity index (χ4v) is 0.902. The Balaban J connectivity index is 3.02. The molecule has 0 aromatic carbocycles. The highest BCUT2D eigenvalue weighted by Crippen LogP contribution is 2.35. The van der Waals surface area contributed by atoms with Gasteiger partial charge in [-0.3, -0.25) is 4.98 Å². The molecule has 1 aromatic heterocycles. The maximum absolute atomic E-state index is 12.8. The van der Waals surface area contributed by atoms with Gasteiger partial charge >= 0.3 is 5.38 Å². The van der Waals surface area contributed by atoms with Crippen LogP contribution < -0.4 is 0 Å². The van der Waals surface area contributed by atoms with Crippen molar-refractivity contribution >= 4 is 11.6 Å². The second-order valence-corrected chi connectivity index (χ2v) is 2.85. The number of rotatable bonds is 2. The van der Waals surface area contributed by atoms with Crippen molar-refractivity contribution in [1.29, 1.82) is 0 Å². The number of pyridine rings is 1. The number of aliphatic hydroxyl groups excluding tert-OH is 1. The van der Waals surface area contributed by atoms with Crippen molar-refractivity contribution in [1.82, 2.24) is 4.98 Å². The minimum absolute atomic E-state index is 0.574. The first kappa shape index (κ1) is 10.3. The first-order valence-corrected chi connectivity index (χ1v) is 3.65. The van der Waals surface area contributed by atoms with Crippen molar-refractivity contribution in [2.75, 3.05) is 0 Å². The molecule has 1 unspecified atom stereocenters. The van der Waals surface area contributed by atoms with E-state index in [4.69, 9.17) is 5.11 Å². The Morgan fingerprint density at radius 2 is 2.15 bits per heavy atom. The topological polar surface area (TPSA) is 33.1 Å². The molecule has 1 rings (SSSR count). The Labute approximate surface area is 77.0 Å². The number of halogens is 4. The van der Waals surface area contributed by atoms with Crippen LogP contribution >= 0.6 is 11.6 Å². The molecule has 13 heavy (non-hydrogen) atoms. The summed E-state index contributed by atoms with van der Waals surface area (Å²) in [6, 6.07) is 0.941. The van der Waals surface area contributed by atoms with E-state index >= 15 is 0 Å². The molecule has 0 bridgehead atoms. The Bertz CT molecular complexity index is 302. The van der Waals surface area contributed by atoms with Crippen molar-refractivity contribution in [2.45, 2.75) is 11.5 Å². The van der Waals surface area contributed by atoms with E-state index in [1.54, 1.807) is 0 Å². The second kappa shape index (κ2) is 3.51. The van der Waals surface area contributed by atoms with Gasteiger partial charge in [-0.1, -0.05) is 0 Å². The van der Waals surface area contributed by atoms with Gasteiger partial charge in [-0.05, 0) is 17.7 Å². The molecule has 72 valence electrons. The van der Waals surface area contributed by atoms with E-state index in [0.717, 1.165) is 18.5 Å². The van der Waals surface area contributed by atoms with Gasteiger partial charge in [0.15, 0.2) is 6.10 Å². The van der Waals surface area contributed by atoms with Crippen LogP contribution in [0.25, 0.3) is 0 Å². The van der Waals surface area contributed by atoms with Crippen LogP contribution in [0.2, 0.25) is 0 Å². The molecule has 0 aliphatic rings. The molecule has 0 saturated heterocycles. The summed E-state index contributed by atoms with van der Waals surface area (Å²) in [6.45, 7) is 0. The first-order chi connectivity index (χ1) is 5.93. The Morgan fingerprint density at radius 3 is 2.62 bits per heavy atom. The van der Waals surface area contributed by atoms with Gasteiger partial charge < -0.3 is 5.11 Å². The van der Waals surface area contributed by atoms with Gasteiger partial charge in [0.1, 0.15) is 5.82 Å². The van der Waals surface area contributed by atoms with Crippen molar-refractivity contribution in [3.05, 3.63) is 29.8 Å². The molecular weight excluding hydrogens is 207 g/mol. The molecule has 6 heteroatoms. The predicted molar refractivity (Wildman–Crippen MR) is 40.0 cm³/mol. The maximum atomic E-state index is 12.8. The van der Waals surface area contributed by atoms with E-state index in [9.17, 15) is 13.2 Å². The molecule has 0 fully saturated rings. The SMILES string of the molecule is OC(c1ccncc1F)C(F)(F)Cl. The van der Waals surface area contributed by atoms with Crippen molar-refractivity contribution in [3.63, 3.8) is 0 Å². The third kappa shape index (κ3) is 2.32. The largest absolute Gasteiger partial charge is 0.381 e. The summed E-state index contributed by atoms with van der Waals surface area (Å²) < 4.78 is 37.4. The third-order valence-corrected chi connectivity index (χ3v) is 1.62. The summed E-state index contributed by atoms with van der Waals surface area (Å²) in [5.41, 5.74) is -0.574. The first-order valence-electron chi connectivity index (χ1n) is 3.27. The van der Waals surface area contributed by atoms with E-state index in [1.165, 1.54) is 0 Å². The van der Waals surface area contributed by atoms with E-state index in [-0.39, 0.29) is 0 Å². The molecule has 0 radical (unpaired) electrons. The molecule has 1 N–H and O–H groups in total. The summed E-state index contributed by atoms with van der Waals surface area (Å²) in [7, 11) is 0. The van der Waals surface area contributed by atoms with Gasteiger partial charge in [0.05, 0.1) is 6.20 Å². The number of hydrogen-bond acceptors (Lipinski definition) is 2. The zero-order valence-corrected chi connectivity index (χ0v) is 6.97. The lowest BCUT2D eigenvalue weighted by Gasteiger charge is -2.16. The average molecular weight is 212 g/mol. The second-order valence-electron chi connectivity index (χ2n) is 2.34. The molecule has 0 saturated carbocycles. The number of aliphatic hydroxyl groups is 1. The monoisotopic (exact) mass is 211 g/mol. The lowest BCUT2D eigenvalue weighted by molar-refractivity contribution is -0.0441. The van der Waals surface area contributed by atoms with Crippen LogP contribution in [-0.4, -0.2) is 15.5 Å². The molecule has 0 spiro atoms. The highest BCUT2D eigenvalue weighted by atomic mass is 35.5. The van der Waals surface area contributed by atoms with E-state index in [0.29, 0.717) is 0 Å².